The molecule has 0 aliphatic heterocycles. The molecule has 0 aromatic heterocycles. The molecule has 4 heteroatoms. The number of carbonyl (C=O) groups excluding carboxylic acids is 1. The Balaban J connectivity index is 1.75. The lowest BCUT2D eigenvalue weighted by Crippen LogP contribution is -2.28. The van der Waals surface area contributed by atoms with Gasteiger partial charge in [-0.25, -0.2) is 0 Å². The molecule has 22 heavy (non-hydrogen) atoms. The van der Waals surface area contributed by atoms with Crippen LogP contribution >= 0.6 is 23.4 Å². The number of benzene rings is 2. The summed E-state index contributed by atoms with van der Waals surface area (Å²) in [6.07, 6.45) is 0. The Morgan fingerprint density at radius 2 is 1.77 bits per heavy atom. The maximum atomic E-state index is 12.0. The second-order valence-electron chi connectivity index (χ2n) is 5.32. The Bertz CT molecular complexity index is 610. The molecule has 1 amide bonds. The number of halogens is 1. The van der Waals surface area contributed by atoms with Gasteiger partial charge in [0.1, 0.15) is 0 Å². The van der Waals surface area contributed by atoms with Crippen LogP contribution in [0.4, 0.5) is 0 Å². The predicted octanol–water partition coefficient (Wildman–Crippen LogP) is 4.76. The van der Waals surface area contributed by atoms with Crippen molar-refractivity contribution in [1.29, 1.82) is 0 Å². The Kier molecular flexibility index (Phi) is 6.34. The van der Waals surface area contributed by atoms with Gasteiger partial charge in [0.15, 0.2) is 0 Å². The standard InChI is InChI=1S/C18H20ClNOS/c1-13-3-5-15(6-4-13)11-22-12-18(21)20-14(2)16-7-9-17(19)10-8-16/h3-10,14H,11-12H2,1-2H3,(H,20,21)/t14-/m0/s1. The highest BCUT2D eigenvalue weighted by molar-refractivity contribution is 7.99. The van der Waals surface area contributed by atoms with Crippen LogP contribution in [0.25, 0.3) is 0 Å². The van der Waals surface area contributed by atoms with E-state index in [0.717, 1.165) is 11.3 Å². The van der Waals surface area contributed by atoms with E-state index in [0.29, 0.717) is 10.8 Å². The minimum absolute atomic E-state index is 0.00950. The molecular formula is C18H20ClNOS. The molecule has 116 valence electrons. The third kappa shape index (κ3) is 5.39. The van der Waals surface area contributed by atoms with Gasteiger partial charge in [-0.1, -0.05) is 53.6 Å². The van der Waals surface area contributed by atoms with Crippen LogP contribution in [0.2, 0.25) is 5.02 Å². The average molecular weight is 334 g/mol. The molecule has 0 unspecified atom stereocenters. The minimum atomic E-state index is -0.00950. The SMILES string of the molecule is Cc1ccc(CSCC(=O)N[C@@H](C)c2ccc(Cl)cc2)cc1. The molecule has 0 saturated heterocycles. The van der Waals surface area contributed by atoms with E-state index in [1.165, 1.54) is 11.1 Å². The third-order valence-corrected chi connectivity index (χ3v) is 4.63. The lowest BCUT2D eigenvalue weighted by atomic mass is 10.1. The number of aryl methyl sites for hydroxylation is 1. The van der Waals surface area contributed by atoms with Crippen molar-refractivity contribution in [2.45, 2.75) is 25.6 Å². The number of thioether (sulfide) groups is 1. The lowest BCUT2D eigenvalue weighted by molar-refractivity contribution is -0.119. The maximum Gasteiger partial charge on any atom is 0.230 e. The van der Waals surface area contributed by atoms with Crippen molar-refractivity contribution in [3.8, 4) is 0 Å². The third-order valence-electron chi connectivity index (χ3n) is 3.37. The van der Waals surface area contributed by atoms with Crippen LogP contribution < -0.4 is 5.32 Å². The van der Waals surface area contributed by atoms with Crippen molar-refractivity contribution < 1.29 is 4.79 Å². The fourth-order valence-electron chi connectivity index (χ4n) is 2.06. The van der Waals surface area contributed by atoms with Gasteiger partial charge in [-0.3, -0.25) is 4.79 Å². The van der Waals surface area contributed by atoms with E-state index in [1.807, 2.05) is 31.2 Å². The fourth-order valence-corrected chi connectivity index (χ4v) is 2.99. The second kappa shape index (κ2) is 8.25. The summed E-state index contributed by atoms with van der Waals surface area (Å²) in [6, 6.07) is 15.9. The molecule has 2 rings (SSSR count). The zero-order valence-corrected chi connectivity index (χ0v) is 14.4. The van der Waals surface area contributed by atoms with Gasteiger partial charge in [0.05, 0.1) is 11.8 Å². The Morgan fingerprint density at radius 1 is 1.14 bits per heavy atom. The smallest absolute Gasteiger partial charge is 0.230 e. The van der Waals surface area contributed by atoms with E-state index >= 15 is 0 Å². The molecule has 2 aromatic carbocycles. The molecular weight excluding hydrogens is 314 g/mol. The molecule has 0 spiro atoms. The van der Waals surface area contributed by atoms with Gasteiger partial charge in [0, 0.05) is 10.8 Å². The summed E-state index contributed by atoms with van der Waals surface area (Å²) < 4.78 is 0. The first-order valence-electron chi connectivity index (χ1n) is 7.22. The normalized spacial score (nSPS) is 12.0. The zero-order valence-electron chi connectivity index (χ0n) is 12.8. The Labute approximate surface area is 141 Å². The largest absolute Gasteiger partial charge is 0.349 e. The van der Waals surface area contributed by atoms with Crippen molar-refractivity contribution in [2.24, 2.45) is 0 Å². The van der Waals surface area contributed by atoms with Crippen LogP contribution in [0.5, 0.6) is 0 Å². The summed E-state index contributed by atoms with van der Waals surface area (Å²) >= 11 is 7.49. The number of rotatable bonds is 6. The molecule has 1 atom stereocenters. The van der Waals surface area contributed by atoms with Gasteiger partial charge in [-0.2, -0.15) is 0 Å². The highest BCUT2D eigenvalue weighted by Crippen LogP contribution is 2.17. The number of amides is 1. The molecule has 0 saturated carbocycles. The van der Waals surface area contributed by atoms with Crippen molar-refractivity contribution in [2.75, 3.05) is 5.75 Å². The van der Waals surface area contributed by atoms with E-state index in [9.17, 15) is 4.79 Å². The Hall–Kier alpha value is -1.45. The van der Waals surface area contributed by atoms with Crippen LogP contribution in [0.1, 0.15) is 29.7 Å². The molecule has 0 fully saturated rings. The van der Waals surface area contributed by atoms with Crippen LogP contribution in [0.3, 0.4) is 0 Å². The van der Waals surface area contributed by atoms with Crippen molar-refractivity contribution in [3.05, 3.63) is 70.2 Å². The molecule has 0 bridgehead atoms. The van der Waals surface area contributed by atoms with E-state index in [1.54, 1.807) is 11.8 Å². The van der Waals surface area contributed by atoms with Crippen LogP contribution in [-0.4, -0.2) is 11.7 Å². The first-order valence-corrected chi connectivity index (χ1v) is 8.76. The molecule has 0 heterocycles. The number of hydrogen-bond acceptors (Lipinski definition) is 2. The summed E-state index contributed by atoms with van der Waals surface area (Å²) in [7, 11) is 0. The van der Waals surface area contributed by atoms with Gasteiger partial charge in [0.2, 0.25) is 5.91 Å². The van der Waals surface area contributed by atoms with Crippen LogP contribution in [-0.2, 0) is 10.5 Å². The van der Waals surface area contributed by atoms with Crippen LogP contribution in [0.15, 0.2) is 48.5 Å². The van der Waals surface area contributed by atoms with Gasteiger partial charge in [-0.15, -0.1) is 11.8 Å². The first-order chi connectivity index (χ1) is 10.5. The summed E-state index contributed by atoms with van der Waals surface area (Å²) in [5, 5.41) is 3.71. The van der Waals surface area contributed by atoms with E-state index in [-0.39, 0.29) is 11.9 Å². The van der Waals surface area contributed by atoms with Gasteiger partial charge >= 0.3 is 0 Å². The summed E-state index contributed by atoms with van der Waals surface area (Å²) in [6.45, 7) is 4.05. The second-order valence-corrected chi connectivity index (χ2v) is 6.74. The number of carbonyl (C=O) groups is 1. The van der Waals surface area contributed by atoms with E-state index in [4.69, 9.17) is 11.6 Å². The zero-order chi connectivity index (χ0) is 15.9. The summed E-state index contributed by atoms with van der Waals surface area (Å²) in [5.74, 6) is 1.37. The predicted molar refractivity (Wildman–Crippen MR) is 95.4 cm³/mol. The maximum absolute atomic E-state index is 12.0. The van der Waals surface area contributed by atoms with Gasteiger partial charge < -0.3 is 5.32 Å². The minimum Gasteiger partial charge on any atom is -0.349 e. The molecule has 0 radical (unpaired) electrons. The Morgan fingerprint density at radius 3 is 2.41 bits per heavy atom. The van der Waals surface area contributed by atoms with Crippen molar-refractivity contribution in [3.63, 3.8) is 0 Å². The first kappa shape index (κ1) is 16.9. The van der Waals surface area contributed by atoms with Gasteiger partial charge in [-0.05, 0) is 37.1 Å². The molecule has 0 aliphatic carbocycles. The molecule has 2 nitrogen and oxygen atoms in total. The molecule has 1 N–H and O–H groups in total. The van der Waals surface area contributed by atoms with Gasteiger partial charge in [0.25, 0.3) is 0 Å². The monoisotopic (exact) mass is 333 g/mol. The van der Waals surface area contributed by atoms with E-state index in [2.05, 4.69) is 36.5 Å². The fraction of sp³-hybridized carbons (Fsp3) is 0.278. The van der Waals surface area contributed by atoms with Crippen LogP contribution in [0, 0.1) is 6.92 Å². The topological polar surface area (TPSA) is 29.1 Å². The highest BCUT2D eigenvalue weighted by atomic mass is 35.5. The molecule has 2 aromatic rings. The number of hydrogen-bond donors (Lipinski definition) is 1. The highest BCUT2D eigenvalue weighted by Gasteiger charge is 2.09. The quantitative estimate of drug-likeness (QED) is 0.825. The van der Waals surface area contributed by atoms with Crippen molar-refractivity contribution in [1.82, 2.24) is 5.32 Å². The lowest BCUT2D eigenvalue weighted by Gasteiger charge is -2.14. The van der Waals surface area contributed by atoms with Crippen molar-refractivity contribution >= 4 is 29.3 Å². The average Bonchev–Trinajstić information content (AvgIpc) is 2.50. The molecule has 0 aliphatic rings. The summed E-state index contributed by atoms with van der Waals surface area (Å²) in [4.78, 5) is 12.0. The number of nitrogens with one attached hydrogen (secondary N) is 1. The summed E-state index contributed by atoms with van der Waals surface area (Å²) in [5.41, 5.74) is 3.55. The van der Waals surface area contributed by atoms with E-state index < -0.39 is 0 Å².